The van der Waals surface area contributed by atoms with E-state index in [2.05, 4.69) is 67.0 Å². The Bertz CT molecular complexity index is 373. The van der Waals surface area contributed by atoms with Crippen LogP contribution in [0.2, 0.25) is 0 Å². The van der Waals surface area contributed by atoms with Gasteiger partial charge in [0.05, 0.1) is 0 Å². The van der Waals surface area contributed by atoms with Gasteiger partial charge in [0.2, 0.25) is 0 Å². The van der Waals surface area contributed by atoms with Crippen molar-refractivity contribution in [1.82, 2.24) is 25.3 Å². The van der Waals surface area contributed by atoms with Gasteiger partial charge in [-0.2, -0.15) is 0 Å². The molecule has 0 radical (unpaired) electrons. The molecule has 1 aliphatic heterocycles. The van der Waals surface area contributed by atoms with Crippen LogP contribution < -0.4 is 10.6 Å². The van der Waals surface area contributed by atoms with Crippen LogP contribution >= 0.6 is 24.0 Å². The van der Waals surface area contributed by atoms with Gasteiger partial charge in [-0.15, -0.1) is 24.0 Å². The normalized spacial score (nSPS) is 16.9. The van der Waals surface area contributed by atoms with E-state index in [1.807, 2.05) is 0 Å². The molecule has 1 aliphatic rings. The second-order valence-electron chi connectivity index (χ2n) is 7.96. The molecule has 7 heteroatoms. The van der Waals surface area contributed by atoms with Crippen LogP contribution in [-0.4, -0.2) is 98.7 Å². The molecule has 0 aromatic heterocycles. The first-order valence-electron chi connectivity index (χ1n) is 10.6. The first-order chi connectivity index (χ1) is 12.4. The molecule has 6 nitrogen and oxygen atoms in total. The van der Waals surface area contributed by atoms with E-state index in [9.17, 15) is 0 Å². The van der Waals surface area contributed by atoms with Crippen molar-refractivity contribution in [3.8, 4) is 0 Å². The number of unbranched alkanes of at least 4 members (excludes halogenated alkanes) is 1. The van der Waals surface area contributed by atoms with Gasteiger partial charge in [-0.05, 0) is 61.1 Å². The molecule has 0 aromatic carbocycles. The van der Waals surface area contributed by atoms with Crippen molar-refractivity contribution in [3.63, 3.8) is 0 Å². The van der Waals surface area contributed by atoms with Gasteiger partial charge in [0, 0.05) is 64.4 Å². The lowest BCUT2D eigenvalue weighted by Crippen LogP contribution is -2.45. The molecule has 0 bridgehead atoms. The van der Waals surface area contributed by atoms with Crippen LogP contribution in [0.15, 0.2) is 4.99 Å². The van der Waals surface area contributed by atoms with Gasteiger partial charge < -0.3 is 20.4 Å². The largest absolute Gasteiger partial charge is 0.357 e. The number of nitrogens with zero attached hydrogens (tertiary/aromatic N) is 4. The van der Waals surface area contributed by atoms with Crippen LogP contribution in [-0.2, 0) is 0 Å². The van der Waals surface area contributed by atoms with Gasteiger partial charge >= 0.3 is 0 Å². The Hall–Kier alpha value is -0.120. The Morgan fingerprint density at radius 1 is 1.00 bits per heavy atom. The molecule has 27 heavy (non-hydrogen) atoms. The van der Waals surface area contributed by atoms with Crippen molar-refractivity contribution < 1.29 is 0 Å². The van der Waals surface area contributed by atoms with Gasteiger partial charge in [0.1, 0.15) is 0 Å². The maximum Gasteiger partial charge on any atom is 0.191 e. The molecule has 162 valence electrons. The molecule has 0 amide bonds. The molecular weight excluding hydrogens is 451 g/mol. The summed E-state index contributed by atoms with van der Waals surface area (Å²) in [5.41, 5.74) is 0. The third kappa shape index (κ3) is 12.1. The van der Waals surface area contributed by atoms with E-state index in [1.54, 1.807) is 0 Å². The summed E-state index contributed by atoms with van der Waals surface area (Å²) in [6.45, 7) is 21.0. The lowest BCUT2D eigenvalue weighted by Gasteiger charge is -2.32. The zero-order chi connectivity index (χ0) is 19.4. The number of aliphatic imine (C=N–C) groups is 1. The van der Waals surface area contributed by atoms with Crippen molar-refractivity contribution in [2.75, 3.05) is 66.0 Å². The fourth-order valence-electron chi connectivity index (χ4n) is 3.47. The molecule has 2 N–H and O–H groups in total. The van der Waals surface area contributed by atoms with Crippen LogP contribution in [0.25, 0.3) is 0 Å². The average molecular weight is 497 g/mol. The number of guanidine groups is 1. The number of nitrogens with one attached hydrogen (secondary N) is 2. The number of hydrogen-bond donors (Lipinski definition) is 2. The highest BCUT2D eigenvalue weighted by Gasteiger charge is 2.13. The van der Waals surface area contributed by atoms with Crippen LogP contribution in [0.3, 0.4) is 0 Å². The summed E-state index contributed by atoms with van der Waals surface area (Å²) in [6.07, 6.45) is 2.40. The molecule has 1 heterocycles. The summed E-state index contributed by atoms with van der Waals surface area (Å²) in [4.78, 5) is 12.2. The Morgan fingerprint density at radius 2 is 1.63 bits per heavy atom. The Balaban J connectivity index is 0.00000676. The maximum atomic E-state index is 4.74. The minimum atomic E-state index is 0. The third-order valence-electron chi connectivity index (χ3n) is 5.08. The van der Waals surface area contributed by atoms with E-state index in [4.69, 9.17) is 4.99 Å². The predicted molar refractivity (Wildman–Crippen MR) is 130 cm³/mol. The Morgan fingerprint density at radius 3 is 2.19 bits per heavy atom. The monoisotopic (exact) mass is 496 g/mol. The predicted octanol–water partition coefficient (Wildman–Crippen LogP) is 2.31. The summed E-state index contributed by atoms with van der Waals surface area (Å²) in [7, 11) is 2.21. The molecule has 0 spiro atoms. The lowest BCUT2D eigenvalue weighted by atomic mass is 10.2. The summed E-state index contributed by atoms with van der Waals surface area (Å²) >= 11 is 0. The van der Waals surface area contributed by atoms with E-state index in [0.29, 0.717) is 12.1 Å². The zero-order valence-electron chi connectivity index (χ0n) is 18.6. The fourth-order valence-corrected chi connectivity index (χ4v) is 3.47. The summed E-state index contributed by atoms with van der Waals surface area (Å²) in [5, 5.41) is 6.85. The lowest BCUT2D eigenvalue weighted by molar-refractivity contribution is 0.152. The highest BCUT2D eigenvalue weighted by Crippen LogP contribution is 2.03. The minimum absolute atomic E-state index is 0. The first kappa shape index (κ1) is 26.9. The summed E-state index contributed by atoms with van der Waals surface area (Å²) in [5.74, 6) is 0.958. The molecule has 0 saturated carbocycles. The Kier molecular flexibility index (Phi) is 15.7. The number of likely N-dealkylation sites (N-methyl/N-ethyl adjacent to an activating group) is 1. The fraction of sp³-hybridized carbons (Fsp3) is 0.950. The molecule has 0 atom stereocenters. The van der Waals surface area contributed by atoms with E-state index in [0.717, 1.165) is 38.6 Å². The van der Waals surface area contributed by atoms with Crippen LogP contribution in [0.4, 0.5) is 0 Å². The summed E-state index contributed by atoms with van der Waals surface area (Å²) < 4.78 is 0. The standard InChI is InChI=1S/C20H44N6.HI/c1-7-21-20(23-11-13-26(18(2)3)19(4)5)22-10-8-9-12-25-16-14-24(6)15-17-25;/h18-19H,7-17H2,1-6H3,(H2,21,22,23);1H. The van der Waals surface area contributed by atoms with Gasteiger partial charge in [0.25, 0.3) is 0 Å². The summed E-state index contributed by atoms with van der Waals surface area (Å²) in [6, 6.07) is 1.15. The van der Waals surface area contributed by atoms with Crippen molar-refractivity contribution in [3.05, 3.63) is 0 Å². The molecule has 1 rings (SSSR count). The molecule has 0 aromatic rings. The number of piperazine rings is 1. The van der Waals surface area contributed by atoms with Gasteiger partial charge in [-0.25, -0.2) is 0 Å². The minimum Gasteiger partial charge on any atom is -0.357 e. The van der Waals surface area contributed by atoms with Crippen molar-refractivity contribution >= 4 is 29.9 Å². The Labute approximate surface area is 185 Å². The van der Waals surface area contributed by atoms with E-state index < -0.39 is 0 Å². The van der Waals surface area contributed by atoms with Gasteiger partial charge in [0.15, 0.2) is 5.96 Å². The van der Waals surface area contributed by atoms with Crippen molar-refractivity contribution in [1.29, 1.82) is 0 Å². The highest BCUT2D eigenvalue weighted by atomic mass is 127. The van der Waals surface area contributed by atoms with Crippen molar-refractivity contribution in [2.24, 2.45) is 4.99 Å². The molecule has 0 unspecified atom stereocenters. The maximum absolute atomic E-state index is 4.74. The van der Waals surface area contributed by atoms with Gasteiger partial charge in [-0.1, -0.05) is 0 Å². The smallest absolute Gasteiger partial charge is 0.191 e. The second kappa shape index (κ2) is 15.8. The molecule has 1 saturated heterocycles. The third-order valence-corrected chi connectivity index (χ3v) is 5.08. The average Bonchev–Trinajstić information content (AvgIpc) is 2.59. The van der Waals surface area contributed by atoms with Crippen LogP contribution in [0.1, 0.15) is 47.5 Å². The second-order valence-corrected chi connectivity index (χ2v) is 7.96. The van der Waals surface area contributed by atoms with E-state index >= 15 is 0 Å². The molecule has 1 fully saturated rings. The number of rotatable bonds is 11. The van der Waals surface area contributed by atoms with E-state index in [-0.39, 0.29) is 24.0 Å². The quantitative estimate of drug-likeness (QED) is 0.199. The van der Waals surface area contributed by atoms with Crippen LogP contribution in [0.5, 0.6) is 0 Å². The molecular formula is C20H45IN6. The first-order valence-corrected chi connectivity index (χ1v) is 10.6. The number of halogens is 1. The van der Waals surface area contributed by atoms with Crippen LogP contribution in [0, 0.1) is 0 Å². The highest BCUT2D eigenvalue weighted by molar-refractivity contribution is 14.0. The number of hydrogen-bond acceptors (Lipinski definition) is 4. The molecule has 0 aliphatic carbocycles. The topological polar surface area (TPSA) is 46.1 Å². The van der Waals surface area contributed by atoms with Crippen molar-refractivity contribution in [2.45, 2.75) is 59.5 Å². The van der Waals surface area contributed by atoms with E-state index in [1.165, 1.54) is 39.1 Å². The zero-order valence-corrected chi connectivity index (χ0v) is 21.0. The van der Waals surface area contributed by atoms with Gasteiger partial charge in [-0.3, -0.25) is 9.89 Å². The SMILES string of the molecule is CCNC(=NCCCCN1CCN(C)CC1)NCCN(C(C)C)C(C)C.I.